The van der Waals surface area contributed by atoms with E-state index in [0.29, 0.717) is 40.8 Å². The summed E-state index contributed by atoms with van der Waals surface area (Å²) in [5, 5.41) is 0. The zero-order valence-corrected chi connectivity index (χ0v) is 18.9. The molecule has 0 bridgehead atoms. The predicted octanol–water partition coefficient (Wildman–Crippen LogP) is 3.73. The highest BCUT2D eigenvalue weighted by atomic mass is 32.1. The normalized spacial score (nSPS) is 11.7. The van der Waals surface area contributed by atoms with E-state index < -0.39 is 0 Å². The average Bonchev–Trinajstić information content (AvgIpc) is 3.07. The second kappa shape index (κ2) is 9.32. The van der Waals surface area contributed by atoms with Gasteiger partial charge >= 0.3 is 0 Å². The monoisotopic (exact) mass is 430 g/mol. The number of benzene rings is 2. The molecule has 0 unspecified atom stereocenters. The lowest BCUT2D eigenvalue weighted by molar-refractivity contribution is 0.0996. The Hall–Kier alpha value is -2.84. The minimum atomic E-state index is -0.388. The number of hydrogen-bond donors (Lipinski definition) is 0. The molecule has 3 aromatic rings. The van der Waals surface area contributed by atoms with Gasteiger partial charge in [-0.05, 0) is 43.2 Å². The topological polar surface area (TPSA) is 71.3 Å². The zero-order valence-electron chi connectivity index (χ0n) is 18.1. The molecule has 1 heterocycles. The van der Waals surface area contributed by atoms with E-state index in [-0.39, 0.29) is 5.91 Å². The van der Waals surface area contributed by atoms with Crippen LogP contribution in [0.1, 0.15) is 21.5 Å². The van der Waals surface area contributed by atoms with Crippen molar-refractivity contribution in [2.45, 2.75) is 20.4 Å². The van der Waals surface area contributed by atoms with Crippen molar-refractivity contribution in [1.82, 2.24) is 4.57 Å². The number of ether oxygens (including phenoxy) is 4. The number of thiazole rings is 1. The maximum absolute atomic E-state index is 13.0. The number of hydrogen-bond acceptors (Lipinski definition) is 6. The Balaban J connectivity index is 2.17. The summed E-state index contributed by atoms with van der Waals surface area (Å²) >= 11 is 1.49. The van der Waals surface area contributed by atoms with Crippen LogP contribution in [0.25, 0.3) is 10.2 Å². The van der Waals surface area contributed by atoms with Crippen LogP contribution >= 0.6 is 11.3 Å². The average molecular weight is 431 g/mol. The maximum atomic E-state index is 13.0. The highest BCUT2D eigenvalue weighted by Gasteiger charge is 2.18. The highest BCUT2D eigenvalue weighted by Crippen LogP contribution is 2.38. The van der Waals surface area contributed by atoms with Gasteiger partial charge in [-0.3, -0.25) is 4.79 Å². The van der Waals surface area contributed by atoms with Gasteiger partial charge in [-0.25, -0.2) is 0 Å². The Morgan fingerprint density at radius 1 is 1.00 bits per heavy atom. The first-order valence-electron chi connectivity index (χ1n) is 9.42. The van der Waals surface area contributed by atoms with E-state index in [4.69, 9.17) is 18.9 Å². The van der Waals surface area contributed by atoms with Gasteiger partial charge in [0.15, 0.2) is 16.3 Å². The Kier molecular flexibility index (Phi) is 6.79. The molecular weight excluding hydrogens is 404 g/mol. The zero-order chi connectivity index (χ0) is 21.8. The molecule has 7 nitrogen and oxygen atoms in total. The summed E-state index contributed by atoms with van der Waals surface area (Å²) in [7, 11) is 6.20. The number of carbonyl (C=O) groups is 1. The van der Waals surface area contributed by atoms with Gasteiger partial charge in [-0.15, -0.1) is 0 Å². The second-order valence-electron chi connectivity index (χ2n) is 6.79. The summed E-state index contributed by atoms with van der Waals surface area (Å²) in [5.41, 5.74) is 3.73. The van der Waals surface area contributed by atoms with Gasteiger partial charge in [0.05, 0.1) is 38.2 Å². The van der Waals surface area contributed by atoms with Gasteiger partial charge in [-0.1, -0.05) is 17.4 Å². The van der Waals surface area contributed by atoms with Crippen LogP contribution in [0.15, 0.2) is 29.3 Å². The molecule has 0 N–H and O–H groups in total. The molecule has 1 aromatic heterocycles. The minimum absolute atomic E-state index is 0.355. The molecule has 1 amide bonds. The molecule has 0 aliphatic carbocycles. The molecule has 0 atom stereocenters. The third-order valence-corrected chi connectivity index (χ3v) is 5.77. The van der Waals surface area contributed by atoms with Crippen molar-refractivity contribution in [3.63, 3.8) is 0 Å². The summed E-state index contributed by atoms with van der Waals surface area (Å²) < 4.78 is 24.4. The molecule has 2 aromatic carbocycles. The number of carbonyl (C=O) groups excluding carboxylic acids is 1. The van der Waals surface area contributed by atoms with Crippen LogP contribution in [-0.2, 0) is 11.3 Å². The van der Waals surface area contributed by atoms with Crippen LogP contribution in [0.3, 0.4) is 0 Å². The van der Waals surface area contributed by atoms with Crippen molar-refractivity contribution < 1.29 is 23.7 Å². The molecule has 0 aliphatic rings. The molecule has 0 spiro atoms. The summed E-state index contributed by atoms with van der Waals surface area (Å²) in [6, 6.07) is 7.45. The Bertz CT molecular complexity index is 1120. The maximum Gasteiger partial charge on any atom is 0.279 e. The molecule has 0 saturated heterocycles. The third-order valence-electron chi connectivity index (χ3n) is 4.74. The van der Waals surface area contributed by atoms with Gasteiger partial charge in [-0.2, -0.15) is 4.99 Å². The van der Waals surface area contributed by atoms with Gasteiger partial charge in [0.1, 0.15) is 0 Å². The largest absolute Gasteiger partial charge is 0.493 e. The molecule has 3 rings (SSSR count). The first kappa shape index (κ1) is 21.9. The van der Waals surface area contributed by atoms with Crippen LogP contribution in [-0.4, -0.2) is 45.5 Å². The van der Waals surface area contributed by atoms with E-state index in [9.17, 15) is 4.79 Å². The number of methoxy groups -OCH3 is 4. The number of aryl methyl sites for hydroxylation is 2. The minimum Gasteiger partial charge on any atom is -0.493 e. The first-order valence-corrected chi connectivity index (χ1v) is 10.2. The Labute approximate surface area is 179 Å². The van der Waals surface area contributed by atoms with E-state index in [1.54, 1.807) is 19.2 Å². The van der Waals surface area contributed by atoms with Crippen molar-refractivity contribution in [2.75, 3.05) is 35.0 Å². The van der Waals surface area contributed by atoms with Crippen LogP contribution in [0, 0.1) is 13.8 Å². The molecule has 0 fully saturated rings. The summed E-state index contributed by atoms with van der Waals surface area (Å²) in [5.74, 6) is 0.858. The standard InChI is InChI=1S/C22H26N2O5S/c1-13-9-14(2)19-18(10-13)30-22(24(19)7-8-26-3)23-21(25)15-11-16(27-4)20(29-6)17(12-15)28-5/h9-12H,7-8H2,1-6H3. The van der Waals surface area contributed by atoms with E-state index in [1.165, 1.54) is 38.2 Å². The van der Waals surface area contributed by atoms with E-state index in [0.717, 1.165) is 15.8 Å². The van der Waals surface area contributed by atoms with Crippen molar-refractivity contribution in [3.8, 4) is 17.2 Å². The van der Waals surface area contributed by atoms with Gasteiger partial charge in [0.2, 0.25) is 5.75 Å². The van der Waals surface area contributed by atoms with Crippen molar-refractivity contribution in [1.29, 1.82) is 0 Å². The van der Waals surface area contributed by atoms with E-state index in [2.05, 4.69) is 31.0 Å². The molecular formula is C22H26N2O5S. The molecule has 0 aliphatic heterocycles. The fourth-order valence-corrected chi connectivity index (χ4v) is 4.65. The number of amides is 1. The van der Waals surface area contributed by atoms with Crippen LogP contribution in [0.2, 0.25) is 0 Å². The third kappa shape index (κ3) is 4.20. The number of rotatable bonds is 7. The lowest BCUT2D eigenvalue weighted by atomic mass is 10.1. The van der Waals surface area contributed by atoms with Gasteiger partial charge in [0, 0.05) is 19.2 Å². The van der Waals surface area contributed by atoms with Crippen molar-refractivity contribution in [3.05, 3.63) is 45.8 Å². The highest BCUT2D eigenvalue weighted by molar-refractivity contribution is 7.16. The fourth-order valence-electron chi connectivity index (χ4n) is 3.42. The van der Waals surface area contributed by atoms with Crippen molar-refractivity contribution in [2.24, 2.45) is 4.99 Å². The summed E-state index contributed by atoms with van der Waals surface area (Å²) in [6.07, 6.45) is 0. The van der Waals surface area contributed by atoms with Gasteiger partial charge < -0.3 is 23.5 Å². The summed E-state index contributed by atoms with van der Waals surface area (Å²) in [4.78, 5) is 18.1. The van der Waals surface area contributed by atoms with E-state index in [1.807, 2.05) is 4.57 Å². The second-order valence-corrected chi connectivity index (χ2v) is 7.80. The van der Waals surface area contributed by atoms with E-state index >= 15 is 0 Å². The lowest BCUT2D eigenvalue weighted by Gasteiger charge is -2.12. The lowest BCUT2D eigenvalue weighted by Crippen LogP contribution is -2.19. The number of fused-ring (bicyclic) bond motifs is 1. The van der Waals surface area contributed by atoms with Gasteiger partial charge in [0.25, 0.3) is 5.91 Å². The van der Waals surface area contributed by atoms with Crippen molar-refractivity contribution >= 4 is 27.5 Å². The van der Waals surface area contributed by atoms with Crippen LogP contribution < -0.4 is 19.0 Å². The molecule has 0 saturated carbocycles. The molecule has 0 radical (unpaired) electrons. The molecule has 30 heavy (non-hydrogen) atoms. The SMILES string of the molecule is COCCn1c(=NC(=O)c2cc(OC)c(OC)c(OC)c2)sc2cc(C)cc(C)c21. The first-order chi connectivity index (χ1) is 14.4. The molecule has 160 valence electrons. The number of nitrogens with zero attached hydrogens (tertiary/aromatic N) is 2. The Morgan fingerprint density at radius 2 is 1.67 bits per heavy atom. The van der Waals surface area contributed by atoms with Crippen LogP contribution in [0.4, 0.5) is 0 Å². The Morgan fingerprint density at radius 3 is 2.23 bits per heavy atom. The predicted molar refractivity (Wildman–Crippen MR) is 117 cm³/mol. The smallest absolute Gasteiger partial charge is 0.279 e. The summed E-state index contributed by atoms with van der Waals surface area (Å²) in [6.45, 7) is 5.24. The fraction of sp³-hybridized carbons (Fsp3) is 0.364. The number of aromatic nitrogens is 1. The van der Waals surface area contributed by atoms with Crippen LogP contribution in [0.5, 0.6) is 17.2 Å². The molecule has 8 heteroatoms. The quantitative estimate of drug-likeness (QED) is 0.571.